The lowest BCUT2D eigenvalue weighted by Gasteiger charge is -2.17. The Labute approximate surface area is 166 Å². The summed E-state index contributed by atoms with van der Waals surface area (Å²) in [7, 11) is 3.68. The zero-order chi connectivity index (χ0) is 20.3. The van der Waals surface area contributed by atoms with Gasteiger partial charge in [0.2, 0.25) is 0 Å². The lowest BCUT2D eigenvalue weighted by atomic mass is 10.2. The van der Waals surface area contributed by atoms with E-state index in [-0.39, 0.29) is 11.5 Å². The van der Waals surface area contributed by atoms with Gasteiger partial charge in [0, 0.05) is 17.7 Å². The molecule has 0 aliphatic rings. The van der Waals surface area contributed by atoms with E-state index in [4.69, 9.17) is 0 Å². The first-order valence-electron chi connectivity index (χ1n) is 7.54. The number of halogens is 2. The Balaban J connectivity index is 2.58. The fourth-order valence-electron chi connectivity index (χ4n) is 2.23. The smallest absolute Gasteiger partial charge is 0.332 e. The Hall–Kier alpha value is -2.70. The molecular weight excluding hydrogens is 474 g/mol. The molecule has 2 N–H and O–H groups in total. The highest BCUT2D eigenvalue weighted by molar-refractivity contribution is 14.1. The summed E-state index contributed by atoms with van der Waals surface area (Å²) < 4.78 is 21.0. The monoisotopic (exact) mass is 490 g/mol. The predicted octanol–water partition coefficient (Wildman–Crippen LogP) is 0.474. The van der Waals surface area contributed by atoms with Crippen molar-refractivity contribution in [1.82, 2.24) is 14.5 Å². The van der Waals surface area contributed by atoms with Gasteiger partial charge in [-0.1, -0.05) is 0 Å². The zero-order valence-corrected chi connectivity index (χ0v) is 16.8. The molecule has 0 atom stereocenters. The fraction of sp³-hybridized carbons (Fsp3) is 0.250. The Kier molecular flexibility index (Phi) is 6.36. The summed E-state index contributed by atoms with van der Waals surface area (Å²) in [6, 6.07) is 4.27. The summed E-state index contributed by atoms with van der Waals surface area (Å²) in [6.07, 6.45) is 0. The Morgan fingerprint density at radius 3 is 2.48 bits per heavy atom. The highest BCUT2D eigenvalue weighted by Gasteiger charge is 2.23. The van der Waals surface area contributed by atoms with Crippen molar-refractivity contribution in [2.45, 2.75) is 0 Å². The van der Waals surface area contributed by atoms with Crippen LogP contribution in [0.2, 0.25) is 0 Å². The molecule has 0 unspecified atom stereocenters. The van der Waals surface area contributed by atoms with Gasteiger partial charge in [-0.2, -0.15) is 0 Å². The Morgan fingerprint density at radius 2 is 1.89 bits per heavy atom. The molecule has 1 aromatic carbocycles. The number of aromatic nitrogens is 2. The average molecular weight is 490 g/mol. The summed E-state index contributed by atoms with van der Waals surface area (Å²) in [6.45, 7) is -0.474. The standard InChI is InChI=1S/C16H16FIN4O5/c1-21-13(20-10-5-4-8(18)6-9(10)17)12(15(25)22(2)16(21)26)14(24)19-7-11(23)27-3/h4-6,20H,7H2,1-3H3,(H,19,24). The van der Waals surface area contributed by atoms with Gasteiger partial charge in [0.05, 0.1) is 12.8 Å². The molecule has 0 bridgehead atoms. The largest absolute Gasteiger partial charge is 0.468 e. The number of carbonyl (C=O) groups excluding carboxylic acids is 2. The lowest BCUT2D eigenvalue weighted by Crippen LogP contribution is -2.44. The van der Waals surface area contributed by atoms with Crippen LogP contribution in [-0.2, 0) is 23.6 Å². The van der Waals surface area contributed by atoms with Crippen LogP contribution in [0.3, 0.4) is 0 Å². The van der Waals surface area contributed by atoms with E-state index in [2.05, 4.69) is 15.4 Å². The lowest BCUT2D eigenvalue weighted by molar-refractivity contribution is -0.139. The molecule has 11 heteroatoms. The maximum absolute atomic E-state index is 14.2. The number of benzene rings is 1. The van der Waals surface area contributed by atoms with Crippen LogP contribution in [-0.4, -0.2) is 34.7 Å². The first-order chi connectivity index (χ1) is 12.7. The van der Waals surface area contributed by atoms with Gasteiger partial charge in [-0.15, -0.1) is 0 Å². The number of amides is 1. The highest BCUT2D eigenvalue weighted by Crippen LogP contribution is 2.22. The second kappa shape index (κ2) is 8.33. The highest BCUT2D eigenvalue weighted by atomic mass is 127. The topological polar surface area (TPSA) is 111 Å². The molecule has 0 saturated carbocycles. The molecule has 1 amide bonds. The van der Waals surface area contributed by atoms with Crippen molar-refractivity contribution in [2.75, 3.05) is 19.0 Å². The third-order valence-electron chi connectivity index (χ3n) is 3.70. The van der Waals surface area contributed by atoms with Crippen LogP contribution in [0.25, 0.3) is 0 Å². The van der Waals surface area contributed by atoms with E-state index in [1.165, 1.54) is 26.2 Å². The molecule has 1 aromatic heterocycles. The summed E-state index contributed by atoms with van der Waals surface area (Å²) in [5, 5.41) is 4.86. The molecule has 2 aromatic rings. The van der Waals surface area contributed by atoms with E-state index in [1.807, 2.05) is 22.6 Å². The van der Waals surface area contributed by atoms with Gasteiger partial charge in [0.15, 0.2) is 0 Å². The molecule has 0 spiro atoms. The van der Waals surface area contributed by atoms with Crippen molar-refractivity contribution in [2.24, 2.45) is 14.1 Å². The van der Waals surface area contributed by atoms with E-state index in [0.29, 0.717) is 3.57 Å². The molecule has 0 fully saturated rings. The van der Waals surface area contributed by atoms with Crippen molar-refractivity contribution < 1.29 is 18.7 Å². The first kappa shape index (κ1) is 20.6. The number of nitrogens with one attached hydrogen (secondary N) is 2. The summed E-state index contributed by atoms with van der Waals surface area (Å²) in [5.74, 6) is -2.46. The SMILES string of the molecule is COC(=O)CNC(=O)c1c(Nc2ccc(I)cc2F)n(C)c(=O)n(C)c1=O. The predicted molar refractivity (Wildman–Crippen MR) is 104 cm³/mol. The van der Waals surface area contributed by atoms with Gasteiger partial charge >= 0.3 is 11.7 Å². The van der Waals surface area contributed by atoms with Crippen LogP contribution >= 0.6 is 22.6 Å². The maximum Gasteiger partial charge on any atom is 0.332 e. The number of esters is 1. The van der Waals surface area contributed by atoms with Gasteiger partial charge < -0.3 is 15.4 Å². The molecule has 0 aliphatic heterocycles. The quantitative estimate of drug-likeness (QED) is 0.466. The first-order valence-corrected chi connectivity index (χ1v) is 8.62. The number of methoxy groups -OCH3 is 1. The van der Waals surface area contributed by atoms with Crippen molar-refractivity contribution in [3.05, 3.63) is 54.0 Å². The van der Waals surface area contributed by atoms with Crippen LogP contribution < -0.4 is 21.9 Å². The van der Waals surface area contributed by atoms with Crippen LogP contribution in [0.4, 0.5) is 15.9 Å². The molecule has 27 heavy (non-hydrogen) atoms. The van der Waals surface area contributed by atoms with Crippen molar-refractivity contribution >= 4 is 46.0 Å². The Morgan fingerprint density at radius 1 is 1.22 bits per heavy atom. The number of ether oxygens (including phenoxy) is 1. The average Bonchev–Trinajstić information content (AvgIpc) is 2.64. The number of anilines is 2. The van der Waals surface area contributed by atoms with E-state index >= 15 is 0 Å². The minimum absolute atomic E-state index is 0.0271. The molecule has 0 radical (unpaired) electrons. The third kappa shape index (κ3) is 4.35. The molecule has 1 heterocycles. The van der Waals surface area contributed by atoms with E-state index in [0.717, 1.165) is 16.2 Å². The fourth-order valence-corrected chi connectivity index (χ4v) is 2.68. The number of hydrogen-bond acceptors (Lipinski definition) is 6. The van der Waals surface area contributed by atoms with Gasteiger partial charge in [-0.3, -0.25) is 23.5 Å². The third-order valence-corrected chi connectivity index (χ3v) is 4.37. The minimum atomic E-state index is -0.912. The number of rotatable bonds is 5. The normalized spacial score (nSPS) is 10.4. The molecule has 2 rings (SSSR count). The van der Waals surface area contributed by atoms with Crippen molar-refractivity contribution in [3.63, 3.8) is 0 Å². The van der Waals surface area contributed by atoms with Gasteiger partial charge in [-0.25, -0.2) is 9.18 Å². The van der Waals surface area contributed by atoms with Gasteiger partial charge in [-0.05, 0) is 40.8 Å². The van der Waals surface area contributed by atoms with E-state index in [1.54, 1.807) is 6.07 Å². The van der Waals surface area contributed by atoms with E-state index in [9.17, 15) is 23.6 Å². The van der Waals surface area contributed by atoms with Crippen LogP contribution in [0.15, 0.2) is 27.8 Å². The molecule has 0 aliphatic carbocycles. The molecule has 144 valence electrons. The minimum Gasteiger partial charge on any atom is -0.468 e. The summed E-state index contributed by atoms with van der Waals surface area (Å²) >= 11 is 1.93. The summed E-state index contributed by atoms with van der Waals surface area (Å²) in [5.41, 5.74) is -2.08. The van der Waals surface area contributed by atoms with Crippen molar-refractivity contribution in [1.29, 1.82) is 0 Å². The zero-order valence-electron chi connectivity index (χ0n) is 14.6. The number of carbonyl (C=O) groups is 2. The second-order valence-corrected chi connectivity index (χ2v) is 6.68. The van der Waals surface area contributed by atoms with Gasteiger partial charge in [0.1, 0.15) is 23.7 Å². The van der Waals surface area contributed by atoms with Crippen molar-refractivity contribution in [3.8, 4) is 0 Å². The molecular formula is C16H16FIN4O5. The number of nitrogens with zero attached hydrogens (tertiary/aromatic N) is 2. The molecule has 0 saturated heterocycles. The van der Waals surface area contributed by atoms with Crippen LogP contribution in [0.5, 0.6) is 0 Å². The molecule has 9 nitrogen and oxygen atoms in total. The van der Waals surface area contributed by atoms with Gasteiger partial charge in [0.25, 0.3) is 11.5 Å². The van der Waals surface area contributed by atoms with Crippen LogP contribution in [0, 0.1) is 9.39 Å². The van der Waals surface area contributed by atoms with E-state index < -0.39 is 41.1 Å². The van der Waals surface area contributed by atoms with Crippen LogP contribution in [0.1, 0.15) is 10.4 Å². The second-order valence-electron chi connectivity index (χ2n) is 5.44. The summed E-state index contributed by atoms with van der Waals surface area (Å²) in [4.78, 5) is 48.4. The maximum atomic E-state index is 14.2. The Bertz CT molecular complexity index is 1030. The number of hydrogen-bond donors (Lipinski definition) is 2.